The first-order chi connectivity index (χ1) is 13.5. The van der Waals surface area contributed by atoms with Crippen LogP contribution in [0.1, 0.15) is 47.9 Å². The summed E-state index contributed by atoms with van der Waals surface area (Å²) in [6.45, 7) is 5.12. The molecule has 1 aromatic carbocycles. The number of benzene rings is 1. The summed E-state index contributed by atoms with van der Waals surface area (Å²) >= 11 is 1.21. The lowest BCUT2D eigenvalue weighted by molar-refractivity contribution is 0.0699. The van der Waals surface area contributed by atoms with Crippen molar-refractivity contribution in [3.63, 3.8) is 0 Å². The third-order valence-corrected chi connectivity index (χ3v) is 5.38. The van der Waals surface area contributed by atoms with Crippen molar-refractivity contribution in [3.8, 4) is 5.75 Å². The molecule has 0 radical (unpaired) electrons. The minimum Gasteiger partial charge on any atom is -0.494 e. The van der Waals surface area contributed by atoms with Gasteiger partial charge >= 0.3 is 5.97 Å². The summed E-state index contributed by atoms with van der Waals surface area (Å²) in [5.41, 5.74) is 0.932. The fourth-order valence-corrected chi connectivity index (χ4v) is 4.06. The molecule has 2 aromatic heterocycles. The van der Waals surface area contributed by atoms with Crippen LogP contribution in [0.2, 0.25) is 0 Å². The van der Waals surface area contributed by atoms with E-state index in [0.29, 0.717) is 24.4 Å². The topological polar surface area (TPSA) is 81.4 Å². The van der Waals surface area contributed by atoms with Crippen molar-refractivity contribution in [3.05, 3.63) is 57.0 Å². The van der Waals surface area contributed by atoms with Crippen molar-refractivity contribution >= 4 is 27.5 Å². The van der Waals surface area contributed by atoms with Gasteiger partial charge in [0.15, 0.2) is 0 Å². The van der Waals surface area contributed by atoms with Gasteiger partial charge in [-0.15, -0.1) is 11.3 Å². The molecule has 0 aliphatic heterocycles. The van der Waals surface area contributed by atoms with Gasteiger partial charge in [-0.05, 0) is 43.9 Å². The molecule has 148 valence electrons. The highest BCUT2D eigenvalue weighted by Gasteiger charge is 2.19. The number of aromatic carboxylic acids is 1. The van der Waals surface area contributed by atoms with Gasteiger partial charge in [-0.3, -0.25) is 9.36 Å². The van der Waals surface area contributed by atoms with Crippen LogP contribution in [0.5, 0.6) is 5.75 Å². The predicted octanol–water partition coefficient (Wildman–Crippen LogP) is 4.28. The van der Waals surface area contributed by atoms with Crippen molar-refractivity contribution in [2.24, 2.45) is 0 Å². The zero-order valence-electron chi connectivity index (χ0n) is 16.1. The Morgan fingerprint density at radius 1 is 1.32 bits per heavy atom. The minimum absolute atomic E-state index is 0.0390. The number of aromatic nitrogens is 2. The largest absolute Gasteiger partial charge is 0.494 e. The lowest BCUT2D eigenvalue weighted by Gasteiger charge is -2.12. The van der Waals surface area contributed by atoms with E-state index >= 15 is 0 Å². The lowest BCUT2D eigenvalue weighted by atomic mass is 10.2. The maximum absolute atomic E-state index is 13.0. The van der Waals surface area contributed by atoms with Gasteiger partial charge in [0.2, 0.25) is 0 Å². The molecule has 6 nitrogen and oxygen atoms in total. The van der Waals surface area contributed by atoms with E-state index in [1.165, 1.54) is 16.7 Å². The van der Waals surface area contributed by atoms with E-state index in [1.54, 1.807) is 4.57 Å². The van der Waals surface area contributed by atoms with Crippen molar-refractivity contribution in [1.82, 2.24) is 9.55 Å². The molecule has 1 N–H and O–H groups in total. The number of hydrogen-bond donors (Lipinski definition) is 1. The van der Waals surface area contributed by atoms with Crippen LogP contribution in [0.15, 0.2) is 34.4 Å². The molecular formula is C21H24N2O4S. The molecule has 0 bridgehead atoms. The number of rotatable bonds is 9. The van der Waals surface area contributed by atoms with E-state index in [9.17, 15) is 14.7 Å². The third-order valence-electron chi connectivity index (χ3n) is 4.51. The molecule has 0 saturated heterocycles. The monoisotopic (exact) mass is 400 g/mol. The van der Waals surface area contributed by atoms with E-state index < -0.39 is 5.97 Å². The molecule has 0 spiro atoms. The summed E-state index contributed by atoms with van der Waals surface area (Å²) < 4.78 is 7.40. The number of carbonyl (C=O) groups is 1. The number of ether oxygens (including phenoxy) is 1. The maximum Gasteiger partial charge on any atom is 0.337 e. The number of aryl methyl sites for hydroxylation is 2. The van der Waals surface area contributed by atoms with Gasteiger partial charge in [0, 0.05) is 18.3 Å². The molecule has 3 aromatic rings. The van der Waals surface area contributed by atoms with Gasteiger partial charge in [-0.2, -0.15) is 0 Å². The Hall–Kier alpha value is -2.67. The fraction of sp³-hybridized carbons (Fsp3) is 0.381. The van der Waals surface area contributed by atoms with Crippen LogP contribution in [-0.4, -0.2) is 27.2 Å². The normalized spacial score (nSPS) is 11.1. The zero-order chi connectivity index (χ0) is 20.1. The first kappa shape index (κ1) is 20.1. The Morgan fingerprint density at radius 3 is 2.86 bits per heavy atom. The Balaban J connectivity index is 1.72. The third kappa shape index (κ3) is 4.42. The van der Waals surface area contributed by atoms with Gasteiger partial charge in [0.25, 0.3) is 5.56 Å². The molecule has 0 aliphatic carbocycles. The van der Waals surface area contributed by atoms with Gasteiger partial charge in [0.1, 0.15) is 16.4 Å². The SMILES string of the molecule is CCCc1nc2scc(C(=O)O)c2c(=O)n1CCCCOc1cccc(C)c1. The molecule has 0 amide bonds. The first-order valence-electron chi connectivity index (χ1n) is 9.45. The quantitative estimate of drug-likeness (QED) is 0.542. The zero-order valence-corrected chi connectivity index (χ0v) is 16.9. The maximum atomic E-state index is 13.0. The first-order valence-corrected chi connectivity index (χ1v) is 10.3. The number of unbranched alkanes of at least 4 members (excludes halogenated alkanes) is 1. The second-order valence-corrected chi connectivity index (χ2v) is 7.60. The number of carboxylic acids is 1. The van der Waals surface area contributed by atoms with Crippen LogP contribution >= 0.6 is 11.3 Å². The highest BCUT2D eigenvalue weighted by Crippen LogP contribution is 2.22. The number of carboxylic acid groups (broad SMARTS) is 1. The standard InChI is InChI=1S/C21H24N2O4S/c1-3-7-17-22-19-18(16(13-28-19)21(25)26)20(24)23(17)10-4-5-11-27-15-9-6-8-14(2)12-15/h6,8-9,12-13H,3-5,7,10-11H2,1-2H3,(H,25,26). The molecule has 3 rings (SSSR count). The van der Waals surface area contributed by atoms with Gasteiger partial charge in [-0.1, -0.05) is 19.1 Å². The van der Waals surface area contributed by atoms with Crippen LogP contribution in [0.3, 0.4) is 0 Å². The second-order valence-electron chi connectivity index (χ2n) is 6.74. The molecule has 2 heterocycles. The summed E-state index contributed by atoms with van der Waals surface area (Å²) in [5.74, 6) is 0.473. The summed E-state index contributed by atoms with van der Waals surface area (Å²) in [6.07, 6.45) is 3.10. The average Bonchev–Trinajstić information content (AvgIpc) is 3.08. The van der Waals surface area contributed by atoms with Crippen LogP contribution in [0.25, 0.3) is 10.2 Å². The molecule has 0 fully saturated rings. The Morgan fingerprint density at radius 2 is 2.14 bits per heavy atom. The Kier molecular flexibility index (Phi) is 6.46. The van der Waals surface area contributed by atoms with E-state index in [0.717, 1.165) is 36.4 Å². The number of hydrogen-bond acceptors (Lipinski definition) is 5. The minimum atomic E-state index is -1.09. The van der Waals surface area contributed by atoms with Crippen molar-refractivity contribution < 1.29 is 14.6 Å². The smallest absolute Gasteiger partial charge is 0.337 e. The summed E-state index contributed by atoms with van der Waals surface area (Å²) in [4.78, 5) is 29.5. The number of thiophene rings is 1. The van der Waals surface area contributed by atoms with Crippen LogP contribution in [0.4, 0.5) is 0 Å². The Labute approximate surface area is 167 Å². The Bertz CT molecular complexity index is 1040. The highest BCUT2D eigenvalue weighted by molar-refractivity contribution is 7.17. The lowest BCUT2D eigenvalue weighted by Crippen LogP contribution is -2.26. The van der Waals surface area contributed by atoms with Crippen LogP contribution in [-0.2, 0) is 13.0 Å². The van der Waals surface area contributed by atoms with Gasteiger partial charge in [-0.25, -0.2) is 9.78 Å². The van der Waals surface area contributed by atoms with Crippen molar-refractivity contribution in [2.75, 3.05) is 6.61 Å². The molecule has 0 aliphatic rings. The fourth-order valence-electron chi connectivity index (χ4n) is 3.14. The van der Waals surface area contributed by atoms with E-state index in [4.69, 9.17) is 4.74 Å². The van der Waals surface area contributed by atoms with Crippen LogP contribution < -0.4 is 10.3 Å². The molecular weight excluding hydrogens is 376 g/mol. The van der Waals surface area contributed by atoms with Crippen LogP contribution in [0, 0.1) is 6.92 Å². The molecule has 7 heteroatoms. The second kappa shape index (κ2) is 9.01. The molecule has 0 atom stereocenters. The predicted molar refractivity (Wildman–Crippen MR) is 111 cm³/mol. The number of nitrogens with zero attached hydrogens (tertiary/aromatic N) is 2. The molecule has 28 heavy (non-hydrogen) atoms. The molecule has 0 saturated carbocycles. The van der Waals surface area contributed by atoms with E-state index in [2.05, 4.69) is 4.98 Å². The number of fused-ring (bicyclic) bond motifs is 1. The summed E-state index contributed by atoms with van der Waals surface area (Å²) in [7, 11) is 0. The van der Waals surface area contributed by atoms with Gasteiger partial charge in [0.05, 0.1) is 17.6 Å². The van der Waals surface area contributed by atoms with Crippen molar-refractivity contribution in [2.45, 2.75) is 46.1 Å². The van der Waals surface area contributed by atoms with Crippen molar-refractivity contribution in [1.29, 1.82) is 0 Å². The van der Waals surface area contributed by atoms with E-state index in [1.807, 2.05) is 38.1 Å². The summed E-state index contributed by atoms with van der Waals surface area (Å²) in [5, 5.41) is 11.1. The summed E-state index contributed by atoms with van der Waals surface area (Å²) in [6, 6.07) is 7.90. The van der Waals surface area contributed by atoms with Gasteiger partial charge < -0.3 is 9.84 Å². The van der Waals surface area contributed by atoms with E-state index in [-0.39, 0.29) is 16.5 Å². The molecule has 0 unspecified atom stereocenters. The average molecular weight is 401 g/mol. The highest BCUT2D eigenvalue weighted by atomic mass is 32.1.